The summed E-state index contributed by atoms with van der Waals surface area (Å²) in [5.74, 6) is -0.983. The summed E-state index contributed by atoms with van der Waals surface area (Å²) < 4.78 is 42.8. The first-order valence-electron chi connectivity index (χ1n) is 5.97. The Bertz CT molecular complexity index is 659. The zero-order valence-corrected chi connectivity index (χ0v) is 12.2. The maximum atomic E-state index is 13.6. The van der Waals surface area contributed by atoms with Crippen LogP contribution < -0.4 is 4.74 Å². The van der Waals surface area contributed by atoms with E-state index in [1.165, 1.54) is 42.5 Å². The third kappa shape index (κ3) is 4.32. The van der Waals surface area contributed by atoms with E-state index in [4.69, 9.17) is 0 Å². The van der Waals surface area contributed by atoms with E-state index >= 15 is 0 Å². The van der Waals surface area contributed by atoms with Gasteiger partial charge in [-0.1, -0.05) is 28.1 Å². The van der Waals surface area contributed by atoms with Gasteiger partial charge in [0.05, 0.1) is 0 Å². The molecule has 0 atom stereocenters. The second-order valence-electron chi connectivity index (χ2n) is 4.24. The van der Waals surface area contributed by atoms with Gasteiger partial charge in [-0.2, -0.15) is 8.78 Å². The minimum atomic E-state index is -2.96. The summed E-state index contributed by atoms with van der Waals surface area (Å²) in [6, 6.07) is 9.72. The monoisotopic (exact) mass is 358 g/mol. The third-order valence-electron chi connectivity index (χ3n) is 2.74. The second-order valence-corrected chi connectivity index (χ2v) is 5.16. The minimum Gasteiger partial charge on any atom is -0.435 e. The molecule has 0 aromatic heterocycles. The SMILES string of the molecule is O=C(Cc1cc(Br)ccc1F)c1cccc(OC(F)F)c1. The molecule has 110 valence electrons. The van der Waals surface area contributed by atoms with Crippen LogP contribution in [0.5, 0.6) is 5.75 Å². The van der Waals surface area contributed by atoms with Gasteiger partial charge in [0.15, 0.2) is 5.78 Å². The van der Waals surface area contributed by atoms with Gasteiger partial charge in [0.2, 0.25) is 0 Å². The lowest BCUT2D eigenvalue weighted by atomic mass is 10.0. The highest BCUT2D eigenvalue weighted by atomic mass is 79.9. The molecule has 0 heterocycles. The predicted octanol–water partition coefficient (Wildman–Crippen LogP) is 4.62. The highest BCUT2D eigenvalue weighted by Gasteiger charge is 2.13. The van der Waals surface area contributed by atoms with Gasteiger partial charge in [0.1, 0.15) is 11.6 Å². The molecule has 0 amide bonds. The molecule has 2 rings (SSSR count). The van der Waals surface area contributed by atoms with Gasteiger partial charge >= 0.3 is 6.61 Å². The molecule has 0 aliphatic heterocycles. The van der Waals surface area contributed by atoms with E-state index in [0.717, 1.165) is 0 Å². The highest BCUT2D eigenvalue weighted by molar-refractivity contribution is 9.10. The molecule has 0 spiro atoms. The number of ketones is 1. The number of hydrogen-bond donors (Lipinski definition) is 0. The number of ether oxygens (including phenoxy) is 1. The minimum absolute atomic E-state index is 0.106. The van der Waals surface area contributed by atoms with Crippen molar-refractivity contribution in [3.05, 3.63) is 63.9 Å². The van der Waals surface area contributed by atoms with Crippen LogP contribution in [-0.4, -0.2) is 12.4 Å². The van der Waals surface area contributed by atoms with Gasteiger partial charge in [-0.25, -0.2) is 4.39 Å². The fraction of sp³-hybridized carbons (Fsp3) is 0.133. The molecule has 0 aliphatic rings. The molecule has 2 nitrogen and oxygen atoms in total. The van der Waals surface area contributed by atoms with Crippen LogP contribution >= 0.6 is 15.9 Å². The van der Waals surface area contributed by atoms with E-state index in [9.17, 15) is 18.0 Å². The van der Waals surface area contributed by atoms with Crippen molar-refractivity contribution in [3.63, 3.8) is 0 Å². The van der Waals surface area contributed by atoms with E-state index in [-0.39, 0.29) is 29.1 Å². The molecule has 0 saturated carbocycles. The van der Waals surface area contributed by atoms with Crippen molar-refractivity contribution in [2.45, 2.75) is 13.0 Å². The van der Waals surface area contributed by atoms with Crippen LogP contribution in [-0.2, 0) is 6.42 Å². The molecular weight excluding hydrogens is 349 g/mol. The fourth-order valence-electron chi connectivity index (χ4n) is 1.80. The topological polar surface area (TPSA) is 26.3 Å². The summed E-state index contributed by atoms with van der Waals surface area (Å²) in [6.45, 7) is -2.96. The van der Waals surface area contributed by atoms with Gasteiger partial charge in [-0.15, -0.1) is 0 Å². The molecule has 2 aromatic carbocycles. The van der Waals surface area contributed by atoms with Gasteiger partial charge in [-0.05, 0) is 35.9 Å². The first kappa shape index (κ1) is 15.6. The lowest BCUT2D eigenvalue weighted by molar-refractivity contribution is -0.0498. The van der Waals surface area contributed by atoms with Gasteiger partial charge in [-0.3, -0.25) is 4.79 Å². The predicted molar refractivity (Wildman–Crippen MR) is 75.2 cm³/mol. The summed E-state index contributed by atoms with van der Waals surface area (Å²) in [4.78, 5) is 12.1. The number of carbonyl (C=O) groups is 1. The quantitative estimate of drug-likeness (QED) is 0.729. The van der Waals surface area contributed by atoms with E-state index < -0.39 is 12.4 Å². The van der Waals surface area contributed by atoms with Crippen LogP contribution in [0.25, 0.3) is 0 Å². The summed E-state index contributed by atoms with van der Waals surface area (Å²) in [6.07, 6.45) is -0.163. The first-order valence-corrected chi connectivity index (χ1v) is 6.77. The van der Waals surface area contributed by atoms with Gasteiger partial charge in [0.25, 0.3) is 0 Å². The molecule has 6 heteroatoms. The molecular formula is C15H10BrF3O2. The standard InChI is InChI=1S/C15H10BrF3O2/c16-11-4-5-13(17)10(6-11)8-14(20)9-2-1-3-12(7-9)21-15(18)19/h1-7,15H,8H2. The zero-order valence-electron chi connectivity index (χ0n) is 10.7. The van der Waals surface area contributed by atoms with Crippen LogP contribution in [0.1, 0.15) is 15.9 Å². The summed E-state index contributed by atoms with van der Waals surface area (Å²) in [7, 11) is 0. The lowest BCUT2D eigenvalue weighted by Gasteiger charge is -2.07. The van der Waals surface area contributed by atoms with Crippen LogP contribution in [0.15, 0.2) is 46.9 Å². The molecule has 0 unspecified atom stereocenters. The molecule has 0 N–H and O–H groups in total. The number of Topliss-reactive ketones (excluding diaryl/α,β-unsaturated/α-hetero) is 1. The number of rotatable bonds is 5. The van der Waals surface area contributed by atoms with E-state index in [0.29, 0.717) is 4.47 Å². The lowest BCUT2D eigenvalue weighted by Crippen LogP contribution is -2.07. The Balaban J connectivity index is 2.18. The van der Waals surface area contributed by atoms with Crippen molar-refractivity contribution in [2.24, 2.45) is 0 Å². The highest BCUT2D eigenvalue weighted by Crippen LogP contribution is 2.20. The summed E-state index contributed by atoms with van der Waals surface area (Å²) in [5.41, 5.74) is 0.419. The van der Waals surface area contributed by atoms with Crippen molar-refractivity contribution in [3.8, 4) is 5.75 Å². The van der Waals surface area contributed by atoms with Crippen molar-refractivity contribution in [1.82, 2.24) is 0 Å². The van der Waals surface area contributed by atoms with Crippen molar-refractivity contribution < 1.29 is 22.7 Å². The maximum absolute atomic E-state index is 13.6. The second kappa shape index (κ2) is 6.76. The number of benzene rings is 2. The number of hydrogen-bond acceptors (Lipinski definition) is 2. The largest absolute Gasteiger partial charge is 0.435 e. The fourth-order valence-corrected chi connectivity index (χ4v) is 2.21. The Hall–Kier alpha value is -1.82. The van der Waals surface area contributed by atoms with E-state index in [1.807, 2.05) is 0 Å². The van der Waals surface area contributed by atoms with Crippen molar-refractivity contribution >= 4 is 21.7 Å². The zero-order chi connectivity index (χ0) is 15.4. The summed E-state index contributed by atoms with van der Waals surface area (Å²) in [5, 5.41) is 0. The molecule has 2 aromatic rings. The molecule has 0 saturated heterocycles. The molecule has 0 radical (unpaired) electrons. The average molecular weight is 359 g/mol. The Kier molecular flexibility index (Phi) is 5.01. The maximum Gasteiger partial charge on any atom is 0.387 e. The van der Waals surface area contributed by atoms with Gasteiger partial charge < -0.3 is 4.74 Å². The molecule has 21 heavy (non-hydrogen) atoms. The van der Waals surface area contributed by atoms with Crippen molar-refractivity contribution in [2.75, 3.05) is 0 Å². The van der Waals surface area contributed by atoms with E-state index in [2.05, 4.69) is 20.7 Å². The first-order chi connectivity index (χ1) is 9.95. The van der Waals surface area contributed by atoms with E-state index in [1.54, 1.807) is 0 Å². The number of alkyl halides is 2. The molecule has 0 bridgehead atoms. The number of carbonyl (C=O) groups excluding carboxylic acids is 1. The normalized spacial score (nSPS) is 10.7. The Morgan fingerprint density at radius 3 is 2.67 bits per heavy atom. The van der Waals surface area contributed by atoms with Crippen LogP contribution in [0, 0.1) is 5.82 Å². The smallest absolute Gasteiger partial charge is 0.387 e. The Morgan fingerprint density at radius 2 is 1.95 bits per heavy atom. The average Bonchev–Trinajstić information content (AvgIpc) is 2.42. The molecule has 0 aliphatic carbocycles. The Morgan fingerprint density at radius 1 is 1.19 bits per heavy atom. The van der Waals surface area contributed by atoms with Crippen LogP contribution in [0.3, 0.4) is 0 Å². The summed E-state index contributed by atoms with van der Waals surface area (Å²) >= 11 is 3.20. The van der Waals surface area contributed by atoms with Crippen molar-refractivity contribution in [1.29, 1.82) is 0 Å². The molecule has 0 fully saturated rings. The number of halogens is 4. The third-order valence-corrected chi connectivity index (χ3v) is 3.23. The van der Waals surface area contributed by atoms with Crippen LogP contribution in [0.4, 0.5) is 13.2 Å². The van der Waals surface area contributed by atoms with Crippen LogP contribution in [0.2, 0.25) is 0 Å². The van der Waals surface area contributed by atoms with Gasteiger partial charge in [0, 0.05) is 16.5 Å². The Labute approximate surface area is 127 Å².